The average Bonchev–Trinajstić information content (AvgIpc) is 2.91. The first kappa shape index (κ1) is 14.6. The van der Waals surface area contributed by atoms with Gasteiger partial charge in [0.05, 0.1) is 5.92 Å². The number of carbonyl (C=O) groups is 1. The summed E-state index contributed by atoms with van der Waals surface area (Å²) in [4.78, 5) is 14.1. The molecule has 2 unspecified atom stereocenters. The molecule has 1 aromatic rings. The van der Waals surface area contributed by atoms with Crippen molar-refractivity contribution in [3.8, 4) is 0 Å². The third kappa shape index (κ3) is 2.84. The van der Waals surface area contributed by atoms with Crippen LogP contribution >= 0.6 is 0 Å². The highest BCUT2D eigenvalue weighted by Crippen LogP contribution is 2.56. The van der Waals surface area contributed by atoms with Crippen LogP contribution in [0, 0.1) is 16.7 Å². The SMILES string of the molecule is CC1(C)CCC2(CN(Cc3ccccc3)CC2C(=O)O)C1. The molecule has 1 N–H and O–H groups in total. The predicted molar refractivity (Wildman–Crippen MR) is 82.9 cm³/mol. The summed E-state index contributed by atoms with van der Waals surface area (Å²) < 4.78 is 0. The molecule has 2 fully saturated rings. The summed E-state index contributed by atoms with van der Waals surface area (Å²) in [5.41, 5.74) is 1.55. The first-order valence-electron chi connectivity index (χ1n) is 7.89. The van der Waals surface area contributed by atoms with Crippen LogP contribution in [0.4, 0.5) is 0 Å². The van der Waals surface area contributed by atoms with Gasteiger partial charge in [0.2, 0.25) is 0 Å². The van der Waals surface area contributed by atoms with Crippen LogP contribution in [0.1, 0.15) is 38.7 Å². The summed E-state index contributed by atoms with van der Waals surface area (Å²) in [6.07, 6.45) is 3.25. The van der Waals surface area contributed by atoms with Crippen molar-refractivity contribution in [3.05, 3.63) is 35.9 Å². The number of hydrogen-bond donors (Lipinski definition) is 1. The summed E-state index contributed by atoms with van der Waals surface area (Å²) in [6.45, 7) is 7.05. The number of rotatable bonds is 3. The Bertz CT molecular complexity index is 525. The Kier molecular flexibility index (Phi) is 3.56. The largest absolute Gasteiger partial charge is 0.481 e. The molecule has 1 spiro atoms. The Morgan fingerprint density at radius 2 is 2.00 bits per heavy atom. The van der Waals surface area contributed by atoms with Gasteiger partial charge < -0.3 is 5.11 Å². The molecule has 3 rings (SSSR count). The normalized spacial score (nSPS) is 31.8. The monoisotopic (exact) mass is 287 g/mol. The van der Waals surface area contributed by atoms with Gasteiger partial charge in [-0.05, 0) is 35.7 Å². The van der Waals surface area contributed by atoms with Gasteiger partial charge in [0.25, 0.3) is 0 Å². The molecule has 0 bridgehead atoms. The number of likely N-dealkylation sites (tertiary alicyclic amines) is 1. The fraction of sp³-hybridized carbons (Fsp3) is 0.611. The molecule has 1 saturated heterocycles. The maximum atomic E-state index is 11.7. The zero-order valence-corrected chi connectivity index (χ0v) is 13.0. The Morgan fingerprint density at radius 1 is 1.29 bits per heavy atom. The van der Waals surface area contributed by atoms with Gasteiger partial charge in [-0.15, -0.1) is 0 Å². The first-order chi connectivity index (χ1) is 9.90. The van der Waals surface area contributed by atoms with E-state index in [1.54, 1.807) is 0 Å². The summed E-state index contributed by atoms with van der Waals surface area (Å²) in [6, 6.07) is 10.4. The van der Waals surface area contributed by atoms with E-state index in [0.717, 1.165) is 32.4 Å². The topological polar surface area (TPSA) is 40.5 Å². The molecule has 1 saturated carbocycles. The maximum Gasteiger partial charge on any atom is 0.308 e. The van der Waals surface area contributed by atoms with Gasteiger partial charge >= 0.3 is 5.97 Å². The Labute approximate surface area is 127 Å². The second-order valence-electron chi connectivity index (χ2n) is 7.75. The number of carboxylic acid groups (broad SMARTS) is 1. The Balaban J connectivity index is 1.77. The molecular formula is C18H25NO2. The van der Waals surface area contributed by atoms with Crippen molar-refractivity contribution in [1.29, 1.82) is 0 Å². The molecule has 0 amide bonds. The molecule has 2 aliphatic rings. The minimum Gasteiger partial charge on any atom is -0.481 e. The summed E-state index contributed by atoms with van der Waals surface area (Å²) in [5.74, 6) is -0.814. The van der Waals surface area contributed by atoms with E-state index in [9.17, 15) is 9.90 Å². The molecule has 2 atom stereocenters. The molecular weight excluding hydrogens is 262 g/mol. The number of benzene rings is 1. The second kappa shape index (κ2) is 5.13. The van der Waals surface area contributed by atoms with E-state index < -0.39 is 5.97 Å². The molecule has 1 aromatic carbocycles. The standard InChI is InChI=1S/C18H25NO2/c1-17(2)8-9-18(12-17)13-19(11-15(18)16(20)21)10-14-6-4-3-5-7-14/h3-7,15H,8-13H2,1-2H3,(H,20,21). The third-order valence-corrected chi connectivity index (χ3v) is 5.40. The van der Waals surface area contributed by atoms with Gasteiger partial charge in [-0.2, -0.15) is 0 Å². The van der Waals surface area contributed by atoms with E-state index in [4.69, 9.17) is 0 Å². The van der Waals surface area contributed by atoms with Crippen molar-refractivity contribution < 1.29 is 9.90 Å². The van der Waals surface area contributed by atoms with Crippen molar-refractivity contribution in [2.45, 2.75) is 39.7 Å². The lowest BCUT2D eigenvalue weighted by atomic mass is 9.74. The molecule has 3 heteroatoms. The zero-order valence-electron chi connectivity index (χ0n) is 13.0. The number of carboxylic acids is 1. The molecule has 3 nitrogen and oxygen atoms in total. The quantitative estimate of drug-likeness (QED) is 0.926. The van der Waals surface area contributed by atoms with Crippen molar-refractivity contribution in [2.75, 3.05) is 13.1 Å². The van der Waals surface area contributed by atoms with E-state index >= 15 is 0 Å². The lowest BCUT2D eigenvalue weighted by Gasteiger charge is -2.29. The van der Waals surface area contributed by atoms with Crippen LogP contribution in [0.3, 0.4) is 0 Å². The van der Waals surface area contributed by atoms with Gasteiger partial charge in [0.15, 0.2) is 0 Å². The summed E-state index contributed by atoms with van der Waals surface area (Å²) >= 11 is 0. The summed E-state index contributed by atoms with van der Waals surface area (Å²) in [7, 11) is 0. The molecule has 21 heavy (non-hydrogen) atoms. The first-order valence-corrected chi connectivity index (χ1v) is 7.89. The fourth-order valence-electron chi connectivity index (χ4n) is 4.52. The minimum absolute atomic E-state index is 0.00981. The molecule has 114 valence electrons. The van der Waals surface area contributed by atoms with Crippen molar-refractivity contribution >= 4 is 5.97 Å². The third-order valence-electron chi connectivity index (χ3n) is 5.40. The lowest BCUT2D eigenvalue weighted by Crippen LogP contribution is -2.33. The molecule has 1 heterocycles. The highest BCUT2D eigenvalue weighted by Gasteiger charge is 2.55. The Morgan fingerprint density at radius 3 is 2.57 bits per heavy atom. The van der Waals surface area contributed by atoms with Crippen LogP contribution in [0.15, 0.2) is 30.3 Å². The molecule has 0 aromatic heterocycles. The highest BCUT2D eigenvalue weighted by atomic mass is 16.4. The predicted octanol–water partition coefficient (Wildman–Crippen LogP) is 3.40. The fourth-order valence-corrected chi connectivity index (χ4v) is 4.52. The smallest absolute Gasteiger partial charge is 0.308 e. The molecule has 1 aliphatic heterocycles. The van der Waals surface area contributed by atoms with Gasteiger partial charge in [0, 0.05) is 19.6 Å². The molecule has 0 radical (unpaired) electrons. The lowest BCUT2D eigenvalue weighted by molar-refractivity contribution is -0.144. The van der Waals surface area contributed by atoms with Crippen LogP contribution in [-0.4, -0.2) is 29.1 Å². The van der Waals surface area contributed by atoms with Crippen LogP contribution in [0.25, 0.3) is 0 Å². The van der Waals surface area contributed by atoms with Crippen LogP contribution in [-0.2, 0) is 11.3 Å². The molecule has 1 aliphatic carbocycles. The van der Waals surface area contributed by atoms with E-state index in [0.29, 0.717) is 6.54 Å². The van der Waals surface area contributed by atoms with Gasteiger partial charge in [-0.1, -0.05) is 44.2 Å². The minimum atomic E-state index is -0.608. The summed E-state index contributed by atoms with van der Waals surface area (Å²) in [5, 5.41) is 9.67. The average molecular weight is 287 g/mol. The second-order valence-corrected chi connectivity index (χ2v) is 7.75. The van der Waals surface area contributed by atoms with E-state index in [1.807, 2.05) is 6.07 Å². The van der Waals surface area contributed by atoms with E-state index in [2.05, 4.69) is 43.0 Å². The number of nitrogens with zero attached hydrogens (tertiary/aromatic N) is 1. The van der Waals surface area contributed by atoms with Gasteiger partial charge in [-0.25, -0.2) is 0 Å². The van der Waals surface area contributed by atoms with Crippen molar-refractivity contribution in [3.63, 3.8) is 0 Å². The van der Waals surface area contributed by atoms with Crippen LogP contribution < -0.4 is 0 Å². The highest BCUT2D eigenvalue weighted by molar-refractivity contribution is 5.72. The van der Waals surface area contributed by atoms with Gasteiger partial charge in [0.1, 0.15) is 0 Å². The van der Waals surface area contributed by atoms with E-state index in [1.165, 1.54) is 5.56 Å². The van der Waals surface area contributed by atoms with E-state index in [-0.39, 0.29) is 16.7 Å². The van der Waals surface area contributed by atoms with Gasteiger partial charge in [-0.3, -0.25) is 9.69 Å². The number of hydrogen-bond acceptors (Lipinski definition) is 2. The van der Waals surface area contributed by atoms with Crippen molar-refractivity contribution in [2.24, 2.45) is 16.7 Å². The number of aliphatic carboxylic acids is 1. The zero-order chi connectivity index (χ0) is 15.1. The van der Waals surface area contributed by atoms with Crippen LogP contribution in [0.2, 0.25) is 0 Å². The van der Waals surface area contributed by atoms with Crippen molar-refractivity contribution in [1.82, 2.24) is 4.90 Å². The van der Waals surface area contributed by atoms with Crippen LogP contribution in [0.5, 0.6) is 0 Å². The Hall–Kier alpha value is -1.35. The maximum absolute atomic E-state index is 11.7.